The topological polar surface area (TPSA) is 75.1 Å². The van der Waals surface area contributed by atoms with E-state index in [4.69, 9.17) is 5.11 Å². The van der Waals surface area contributed by atoms with Gasteiger partial charge < -0.3 is 10.4 Å². The van der Waals surface area contributed by atoms with Crippen LogP contribution in [0.4, 0.5) is 0 Å². The minimum atomic E-state index is -0.405. The Morgan fingerprint density at radius 2 is 2.43 bits per heavy atom. The third-order valence-electron chi connectivity index (χ3n) is 1.64. The SMILES string of the molecule is CC(O)CCNC(=O)c1cnccn1. The molecule has 1 rings (SSSR count). The summed E-state index contributed by atoms with van der Waals surface area (Å²) in [6, 6.07) is 0. The van der Waals surface area contributed by atoms with Crippen molar-refractivity contribution in [1.29, 1.82) is 0 Å². The largest absolute Gasteiger partial charge is 0.393 e. The number of aliphatic hydroxyl groups excluding tert-OH is 1. The lowest BCUT2D eigenvalue weighted by molar-refractivity contribution is 0.0940. The number of rotatable bonds is 4. The second-order valence-corrected chi connectivity index (χ2v) is 2.98. The second-order valence-electron chi connectivity index (χ2n) is 2.98. The average molecular weight is 195 g/mol. The molecular formula is C9H13N3O2. The van der Waals surface area contributed by atoms with Gasteiger partial charge in [-0.25, -0.2) is 4.98 Å². The van der Waals surface area contributed by atoms with Gasteiger partial charge in [0.25, 0.3) is 5.91 Å². The molecule has 0 fully saturated rings. The van der Waals surface area contributed by atoms with Crippen LogP contribution in [-0.4, -0.2) is 33.6 Å². The standard InChI is InChI=1S/C9H13N3O2/c1-7(13)2-3-12-9(14)8-6-10-4-5-11-8/h4-7,13H,2-3H2,1H3,(H,12,14). The molecule has 1 heterocycles. The van der Waals surface area contributed by atoms with Gasteiger partial charge in [0.1, 0.15) is 5.69 Å². The third kappa shape index (κ3) is 3.49. The summed E-state index contributed by atoms with van der Waals surface area (Å²) in [5, 5.41) is 11.6. The van der Waals surface area contributed by atoms with Crippen molar-refractivity contribution in [2.75, 3.05) is 6.54 Å². The number of nitrogens with one attached hydrogen (secondary N) is 1. The monoisotopic (exact) mass is 195 g/mol. The molecule has 1 amide bonds. The quantitative estimate of drug-likeness (QED) is 0.707. The maximum atomic E-state index is 11.3. The van der Waals surface area contributed by atoms with E-state index in [9.17, 15) is 4.79 Å². The van der Waals surface area contributed by atoms with Crippen LogP contribution in [0.25, 0.3) is 0 Å². The minimum absolute atomic E-state index is 0.265. The zero-order valence-electron chi connectivity index (χ0n) is 7.97. The summed E-state index contributed by atoms with van der Waals surface area (Å²) in [6.07, 6.45) is 4.50. The predicted molar refractivity (Wildman–Crippen MR) is 50.7 cm³/mol. The maximum Gasteiger partial charge on any atom is 0.271 e. The van der Waals surface area contributed by atoms with Gasteiger partial charge in [-0.1, -0.05) is 0 Å². The lowest BCUT2D eigenvalue weighted by atomic mass is 10.3. The summed E-state index contributed by atoms with van der Waals surface area (Å²) in [4.78, 5) is 18.9. The zero-order chi connectivity index (χ0) is 10.4. The molecule has 1 atom stereocenters. The van der Waals surface area contributed by atoms with Crippen molar-refractivity contribution in [2.24, 2.45) is 0 Å². The first kappa shape index (κ1) is 10.6. The lowest BCUT2D eigenvalue weighted by Crippen LogP contribution is -2.27. The maximum absolute atomic E-state index is 11.3. The molecule has 0 aliphatic rings. The fraction of sp³-hybridized carbons (Fsp3) is 0.444. The second kappa shape index (κ2) is 5.29. The number of hydrogen-bond donors (Lipinski definition) is 2. The summed E-state index contributed by atoms with van der Waals surface area (Å²) < 4.78 is 0. The van der Waals surface area contributed by atoms with Crippen LogP contribution in [0.15, 0.2) is 18.6 Å². The highest BCUT2D eigenvalue weighted by molar-refractivity contribution is 5.91. The molecule has 1 aromatic rings. The third-order valence-corrected chi connectivity index (χ3v) is 1.64. The van der Waals surface area contributed by atoms with Crippen molar-refractivity contribution in [1.82, 2.24) is 15.3 Å². The number of carbonyl (C=O) groups is 1. The first-order chi connectivity index (χ1) is 6.70. The van der Waals surface area contributed by atoms with Gasteiger partial charge in [-0.15, -0.1) is 0 Å². The van der Waals surface area contributed by atoms with Gasteiger partial charge in [-0.05, 0) is 13.3 Å². The molecule has 0 saturated carbocycles. The van der Waals surface area contributed by atoms with Gasteiger partial charge in [0.05, 0.1) is 12.3 Å². The van der Waals surface area contributed by atoms with Crippen molar-refractivity contribution in [2.45, 2.75) is 19.4 Å². The van der Waals surface area contributed by atoms with Gasteiger partial charge in [0, 0.05) is 18.9 Å². The van der Waals surface area contributed by atoms with E-state index >= 15 is 0 Å². The van der Waals surface area contributed by atoms with Crippen LogP contribution in [0, 0.1) is 0 Å². The summed E-state index contributed by atoms with van der Waals surface area (Å²) >= 11 is 0. The molecule has 0 aliphatic heterocycles. The molecule has 1 aromatic heterocycles. The highest BCUT2D eigenvalue weighted by atomic mass is 16.3. The molecule has 0 spiro atoms. The van der Waals surface area contributed by atoms with E-state index < -0.39 is 6.10 Å². The molecular weight excluding hydrogens is 182 g/mol. The summed E-state index contributed by atoms with van der Waals surface area (Å²) in [5.41, 5.74) is 0.290. The number of aromatic nitrogens is 2. The van der Waals surface area contributed by atoms with Crippen molar-refractivity contribution in [3.63, 3.8) is 0 Å². The smallest absolute Gasteiger partial charge is 0.271 e. The fourth-order valence-electron chi connectivity index (χ4n) is 0.901. The number of carbonyl (C=O) groups excluding carboxylic acids is 1. The Morgan fingerprint density at radius 1 is 1.64 bits per heavy atom. The van der Waals surface area contributed by atoms with Crippen molar-refractivity contribution < 1.29 is 9.90 Å². The molecule has 0 aliphatic carbocycles. The van der Waals surface area contributed by atoms with Crippen LogP contribution >= 0.6 is 0 Å². The number of aliphatic hydroxyl groups is 1. The molecule has 76 valence electrons. The molecule has 0 aromatic carbocycles. The Balaban J connectivity index is 2.36. The number of amides is 1. The number of hydrogen-bond acceptors (Lipinski definition) is 4. The van der Waals surface area contributed by atoms with Gasteiger partial charge >= 0.3 is 0 Å². The normalized spacial score (nSPS) is 12.1. The summed E-state index contributed by atoms with van der Waals surface area (Å²) in [5.74, 6) is -0.265. The van der Waals surface area contributed by atoms with E-state index in [-0.39, 0.29) is 11.6 Å². The number of nitrogens with zero attached hydrogens (tertiary/aromatic N) is 2. The lowest BCUT2D eigenvalue weighted by Gasteiger charge is -2.05. The van der Waals surface area contributed by atoms with Gasteiger partial charge in [-0.3, -0.25) is 9.78 Å². The van der Waals surface area contributed by atoms with Crippen molar-refractivity contribution in [3.8, 4) is 0 Å². The first-order valence-electron chi connectivity index (χ1n) is 4.42. The molecule has 1 unspecified atom stereocenters. The summed E-state index contributed by atoms with van der Waals surface area (Å²) in [7, 11) is 0. The van der Waals surface area contributed by atoms with Crippen LogP contribution in [0.2, 0.25) is 0 Å². The Kier molecular flexibility index (Phi) is 4.00. The molecule has 5 nitrogen and oxygen atoms in total. The fourth-order valence-corrected chi connectivity index (χ4v) is 0.901. The van der Waals surface area contributed by atoms with Crippen LogP contribution in [0.3, 0.4) is 0 Å². The Morgan fingerprint density at radius 3 is 3.00 bits per heavy atom. The van der Waals surface area contributed by atoms with Crippen molar-refractivity contribution >= 4 is 5.91 Å². The Bertz CT molecular complexity index is 287. The predicted octanol–water partition coefficient (Wildman–Crippen LogP) is -0.0227. The van der Waals surface area contributed by atoms with Gasteiger partial charge in [0.15, 0.2) is 0 Å². The Labute approximate surface area is 82.2 Å². The van der Waals surface area contributed by atoms with E-state index in [2.05, 4.69) is 15.3 Å². The molecule has 0 radical (unpaired) electrons. The molecule has 14 heavy (non-hydrogen) atoms. The average Bonchev–Trinajstić information content (AvgIpc) is 2.18. The minimum Gasteiger partial charge on any atom is -0.393 e. The molecule has 2 N–H and O–H groups in total. The van der Waals surface area contributed by atoms with Crippen LogP contribution in [-0.2, 0) is 0 Å². The van der Waals surface area contributed by atoms with E-state index in [1.165, 1.54) is 18.6 Å². The van der Waals surface area contributed by atoms with E-state index in [0.29, 0.717) is 13.0 Å². The first-order valence-corrected chi connectivity index (χ1v) is 4.42. The van der Waals surface area contributed by atoms with E-state index in [1.54, 1.807) is 6.92 Å². The van der Waals surface area contributed by atoms with Crippen LogP contribution in [0.5, 0.6) is 0 Å². The molecule has 5 heteroatoms. The highest BCUT2D eigenvalue weighted by Crippen LogP contribution is 1.91. The van der Waals surface area contributed by atoms with E-state index in [1.807, 2.05) is 0 Å². The van der Waals surface area contributed by atoms with Gasteiger partial charge in [0.2, 0.25) is 0 Å². The molecule has 0 bridgehead atoms. The Hall–Kier alpha value is -1.49. The highest BCUT2D eigenvalue weighted by Gasteiger charge is 2.05. The van der Waals surface area contributed by atoms with Crippen LogP contribution in [0.1, 0.15) is 23.8 Å². The van der Waals surface area contributed by atoms with Crippen molar-refractivity contribution in [3.05, 3.63) is 24.3 Å². The zero-order valence-corrected chi connectivity index (χ0v) is 7.97. The van der Waals surface area contributed by atoms with Crippen LogP contribution < -0.4 is 5.32 Å². The van der Waals surface area contributed by atoms with Gasteiger partial charge in [-0.2, -0.15) is 0 Å². The molecule has 0 saturated heterocycles. The summed E-state index contributed by atoms with van der Waals surface area (Å²) in [6.45, 7) is 2.11. The van der Waals surface area contributed by atoms with E-state index in [0.717, 1.165) is 0 Å².